The molecule has 0 aromatic carbocycles. The number of esters is 2. The van der Waals surface area contributed by atoms with Gasteiger partial charge in [0.05, 0.1) is 0 Å². The summed E-state index contributed by atoms with van der Waals surface area (Å²) in [6, 6.07) is 0. The van der Waals surface area contributed by atoms with Gasteiger partial charge in [-0.05, 0) is 13.8 Å². The Bertz CT molecular complexity index is 849. The molecule has 0 aliphatic carbocycles. The third-order valence-electron chi connectivity index (χ3n) is 4.29. The van der Waals surface area contributed by atoms with Crippen LogP contribution in [0.3, 0.4) is 0 Å². The van der Waals surface area contributed by atoms with Gasteiger partial charge in [-0.25, -0.2) is 9.59 Å². The third-order valence-corrected chi connectivity index (χ3v) is 4.29. The van der Waals surface area contributed by atoms with Crippen LogP contribution in [-0.2, 0) is 19.1 Å². The Morgan fingerprint density at radius 3 is 0.895 bits per heavy atom. The second-order valence-electron chi connectivity index (χ2n) is 7.07. The monoisotopic (exact) mass is 598 g/mol. The number of rotatable bonds is 13. The van der Waals surface area contributed by atoms with Crippen molar-refractivity contribution in [2.24, 2.45) is 0 Å². The average molecular weight is 598 g/mol. The number of hydrogen-bond acceptors (Lipinski definition) is 4. The molecule has 0 atom stereocenters. The number of carbonyl (C=O) groups excluding carboxylic acids is 2. The van der Waals surface area contributed by atoms with Crippen molar-refractivity contribution < 1.29 is 89.3 Å². The summed E-state index contributed by atoms with van der Waals surface area (Å²) in [6.07, 6.45) is 1.77. The number of carbonyl (C=O) groups is 2. The highest BCUT2D eigenvalue weighted by molar-refractivity contribution is 5.82. The largest absolute Gasteiger partial charge is 0.456 e. The Balaban J connectivity index is 6.54. The van der Waals surface area contributed by atoms with Crippen LogP contribution in [0.5, 0.6) is 0 Å². The summed E-state index contributed by atoms with van der Waals surface area (Å²) in [5, 5.41) is 0. The number of halogens is 16. The SMILES string of the molecule is CC=CC(=O)OCC(F)(F)C(F)(F)C(F)(F)C(F)(F)C(F)(F)C(F)(F)C(F)(F)C(F)(F)COC(=O)C=CC. The predicted octanol–water partition coefficient (Wildman–Crippen LogP) is 6.31. The van der Waals surface area contributed by atoms with E-state index in [0.717, 1.165) is 13.8 Å². The molecule has 0 aliphatic rings. The van der Waals surface area contributed by atoms with Crippen LogP contribution in [0.25, 0.3) is 0 Å². The summed E-state index contributed by atoms with van der Waals surface area (Å²) in [6.45, 7) is -4.50. The summed E-state index contributed by atoms with van der Waals surface area (Å²) in [4.78, 5) is 21.7. The molecule has 0 fully saturated rings. The van der Waals surface area contributed by atoms with E-state index >= 15 is 0 Å². The van der Waals surface area contributed by atoms with E-state index in [1.807, 2.05) is 0 Å². The molecule has 0 aromatic heterocycles. The molecule has 0 N–H and O–H groups in total. The Morgan fingerprint density at radius 1 is 0.474 bits per heavy atom. The zero-order chi connectivity index (χ0) is 30.8. The van der Waals surface area contributed by atoms with Crippen molar-refractivity contribution in [2.75, 3.05) is 13.2 Å². The average Bonchev–Trinajstić information content (AvgIpc) is 2.76. The summed E-state index contributed by atoms with van der Waals surface area (Å²) in [5.41, 5.74) is 0. The second-order valence-corrected chi connectivity index (χ2v) is 7.07. The van der Waals surface area contributed by atoms with E-state index in [0.29, 0.717) is 12.2 Å². The highest BCUT2D eigenvalue weighted by atomic mass is 19.4. The number of hydrogen-bond donors (Lipinski definition) is 0. The normalized spacial score (nSPS) is 15.3. The van der Waals surface area contributed by atoms with Crippen molar-refractivity contribution in [3.05, 3.63) is 24.3 Å². The standard InChI is InChI=1S/C18H14F16O4/c1-3-5-9(35)37-7-11(19,20)13(23,24)15(27,28)17(31,32)18(33,34)16(29,30)14(25,26)12(21,22)8-38-10(36)6-4-2/h3-6H,7-8H2,1-2H3. The Morgan fingerprint density at radius 2 is 0.684 bits per heavy atom. The molecule has 0 aromatic rings. The highest BCUT2D eigenvalue weighted by Gasteiger charge is 2.94. The molecule has 0 unspecified atom stereocenters. The number of alkyl halides is 16. The molecule has 0 saturated carbocycles. The number of allylic oxidation sites excluding steroid dienone is 2. The van der Waals surface area contributed by atoms with Gasteiger partial charge in [0, 0.05) is 12.2 Å². The molecular weight excluding hydrogens is 584 g/mol. The maximum Gasteiger partial charge on any atom is 0.385 e. The van der Waals surface area contributed by atoms with E-state index in [1.54, 1.807) is 0 Å². The van der Waals surface area contributed by atoms with E-state index in [4.69, 9.17) is 0 Å². The summed E-state index contributed by atoms with van der Waals surface area (Å²) < 4.78 is 226. The van der Waals surface area contributed by atoms with Crippen molar-refractivity contribution in [2.45, 2.75) is 61.2 Å². The van der Waals surface area contributed by atoms with Crippen LogP contribution in [0.2, 0.25) is 0 Å². The zero-order valence-corrected chi connectivity index (χ0v) is 18.4. The summed E-state index contributed by atoms with van der Waals surface area (Å²) in [5.74, 6) is -67.3. The van der Waals surface area contributed by atoms with Gasteiger partial charge in [-0.2, -0.15) is 70.2 Å². The maximum absolute atomic E-state index is 13.8. The third kappa shape index (κ3) is 5.67. The molecule has 0 heterocycles. The second kappa shape index (κ2) is 10.8. The molecule has 4 nitrogen and oxygen atoms in total. The number of ether oxygens (including phenoxy) is 2. The quantitative estimate of drug-likeness (QED) is 0.142. The van der Waals surface area contributed by atoms with Gasteiger partial charge in [0.15, 0.2) is 13.2 Å². The van der Waals surface area contributed by atoms with E-state index in [-0.39, 0.29) is 12.2 Å². The highest BCUT2D eigenvalue weighted by Crippen LogP contribution is 2.63. The molecule has 0 bridgehead atoms. The molecule has 0 radical (unpaired) electrons. The lowest BCUT2D eigenvalue weighted by Gasteiger charge is -2.43. The molecule has 20 heteroatoms. The van der Waals surface area contributed by atoms with E-state index in [2.05, 4.69) is 9.47 Å². The van der Waals surface area contributed by atoms with Gasteiger partial charge in [-0.1, -0.05) is 12.2 Å². The molecule has 0 saturated heterocycles. The van der Waals surface area contributed by atoms with Gasteiger partial charge in [-0.3, -0.25) is 0 Å². The lowest BCUT2D eigenvalue weighted by atomic mass is 9.88. The molecule has 0 spiro atoms. The van der Waals surface area contributed by atoms with E-state index in [1.165, 1.54) is 0 Å². The maximum atomic E-state index is 13.8. The van der Waals surface area contributed by atoms with Crippen molar-refractivity contribution in [1.29, 1.82) is 0 Å². The first-order chi connectivity index (χ1) is 16.7. The fourth-order valence-corrected chi connectivity index (χ4v) is 2.12. The first-order valence-corrected chi connectivity index (χ1v) is 9.27. The molecular formula is C18H14F16O4. The molecule has 222 valence electrons. The smallest absolute Gasteiger partial charge is 0.385 e. The van der Waals surface area contributed by atoms with Crippen LogP contribution in [0, 0.1) is 0 Å². The van der Waals surface area contributed by atoms with Gasteiger partial charge >= 0.3 is 59.3 Å². The van der Waals surface area contributed by atoms with E-state index < -0.39 is 72.5 Å². The van der Waals surface area contributed by atoms with Crippen molar-refractivity contribution in [1.82, 2.24) is 0 Å². The van der Waals surface area contributed by atoms with Gasteiger partial charge in [0.2, 0.25) is 0 Å². The van der Waals surface area contributed by atoms with Gasteiger partial charge in [0.1, 0.15) is 0 Å². The molecule has 0 rings (SSSR count). The first kappa shape index (κ1) is 35.3. The lowest BCUT2D eigenvalue weighted by molar-refractivity contribution is -0.454. The predicted molar refractivity (Wildman–Crippen MR) is 91.1 cm³/mol. The Labute approximate surface area is 201 Å². The van der Waals surface area contributed by atoms with Gasteiger partial charge < -0.3 is 9.47 Å². The van der Waals surface area contributed by atoms with Crippen LogP contribution < -0.4 is 0 Å². The molecule has 38 heavy (non-hydrogen) atoms. The van der Waals surface area contributed by atoms with Crippen LogP contribution in [0.4, 0.5) is 70.2 Å². The topological polar surface area (TPSA) is 52.6 Å². The minimum atomic E-state index is -8.62. The van der Waals surface area contributed by atoms with Crippen LogP contribution in [0.1, 0.15) is 13.8 Å². The molecule has 0 aliphatic heterocycles. The fourth-order valence-electron chi connectivity index (χ4n) is 2.12. The zero-order valence-electron chi connectivity index (χ0n) is 18.4. The van der Waals surface area contributed by atoms with Gasteiger partial charge in [-0.15, -0.1) is 0 Å². The van der Waals surface area contributed by atoms with Crippen LogP contribution in [-0.4, -0.2) is 72.5 Å². The van der Waals surface area contributed by atoms with Gasteiger partial charge in [0.25, 0.3) is 0 Å². The van der Waals surface area contributed by atoms with Crippen molar-refractivity contribution in [3.8, 4) is 0 Å². The minimum Gasteiger partial charge on any atom is -0.456 e. The first-order valence-electron chi connectivity index (χ1n) is 9.27. The lowest BCUT2D eigenvalue weighted by Crippen LogP contribution is -2.75. The van der Waals surface area contributed by atoms with Crippen LogP contribution in [0.15, 0.2) is 24.3 Å². The fraction of sp³-hybridized carbons (Fsp3) is 0.667. The van der Waals surface area contributed by atoms with Crippen LogP contribution >= 0.6 is 0 Å². The summed E-state index contributed by atoms with van der Waals surface area (Å²) >= 11 is 0. The Hall–Kier alpha value is -2.70. The van der Waals surface area contributed by atoms with E-state index in [9.17, 15) is 79.8 Å². The summed E-state index contributed by atoms with van der Waals surface area (Å²) in [7, 11) is 0. The Kier molecular flexibility index (Phi) is 10.0. The van der Waals surface area contributed by atoms with Crippen molar-refractivity contribution >= 4 is 11.9 Å². The molecule has 0 amide bonds. The minimum absolute atomic E-state index is 0.188. The van der Waals surface area contributed by atoms with Crippen molar-refractivity contribution in [3.63, 3.8) is 0 Å².